The lowest BCUT2D eigenvalue weighted by Gasteiger charge is -2.23. The minimum atomic E-state index is 0.150. The first kappa shape index (κ1) is 27.2. The van der Waals surface area contributed by atoms with Gasteiger partial charge in [-0.25, -0.2) is 9.50 Å². The Morgan fingerprint density at radius 2 is 1.77 bits per heavy atom. The number of benzene rings is 1. The minimum Gasteiger partial charge on any atom is -0.489 e. The van der Waals surface area contributed by atoms with Crippen LogP contribution >= 0.6 is 0 Å². The molecule has 0 radical (unpaired) electrons. The molecule has 0 spiro atoms. The molecule has 44 heavy (non-hydrogen) atoms. The number of carbonyl (C=O) groups is 1. The van der Waals surface area contributed by atoms with Crippen molar-refractivity contribution in [2.24, 2.45) is 23.7 Å². The molecule has 1 N–H and O–H groups in total. The second-order valence-electron chi connectivity index (χ2n) is 13.2. The van der Waals surface area contributed by atoms with Crippen LogP contribution in [-0.2, 0) is 0 Å². The van der Waals surface area contributed by atoms with Crippen molar-refractivity contribution in [3.8, 4) is 22.9 Å². The largest absolute Gasteiger partial charge is 0.489 e. The molecule has 4 aromatic rings. The lowest BCUT2D eigenvalue weighted by molar-refractivity contribution is 0.0781. The van der Waals surface area contributed by atoms with Gasteiger partial charge in [0.05, 0.1) is 29.6 Å². The first-order valence-corrected chi connectivity index (χ1v) is 15.8. The molecule has 6 heterocycles. The van der Waals surface area contributed by atoms with E-state index >= 15 is 0 Å². The van der Waals surface area contributed by atoms with Crippen LogP contribution in [0.2, 0.25) is 0 Å². The standard InChI is InChI=1S/C35H37N7O2/c1-21-4-3-5-31(22(21)2)35(43)41-18-27-16-40(17-28(27)19-41)33-7-6-23(14-38-33)32-10-30(20-42-34(32)26(11-36)15-39-42)44-29-8-24-12-37-13-25(24)9-29/h3-7,10,14-15,20,24-25,27-29,37H,8-9,12-13,16-19H2,1-2H3. The smallest absolute Gasteiger partial charge is 0.254 e. The van der Waals surface area contributed by atoms with Crippen LogP contribution in [0.4, 0.5) is 5.82 Å². The highest BCUT2D eigenvalue weighted by atomic mass is 16.5. The SMILES string of the molecule is Cc1cccc(C(=O)N2CC3CN(c4ccc(-c5cc(OC6CC7CNCC7C6)cn6ncc(C#N)c56)cn4)CC3C2)c1C. The number of nitrogens with zero attached hydrogens (tertiary/aromatic N) is 6. The molecule has 3 saturated heterocycles. The monoisotopic (exact) mass is 587 g/mol. The molecule has 4 fully saturated rings. The van der Waals surface area contributed by atoms with Crippen LogP contribution in [-0.4, -0.2) is 70.8 Å². The van der Waals surface area contributed by atoms with Crippen LogP contribution in [0.3, 0.4) is 0 Å². The highest BCUT2D eigenvalue weighted by Crippen LogP contribution is 2.39. The van der Waals surface area contributed by atoms with Crippen molar-refractivity contribution in [2.45, 2.75) is 32.8 Å². The third-order valence-corrected chi connectivity index (χ3v) is 10.6. The van der Waals surface area contributed by atoms with Gasteiger partial charge in [-0.2, -0.15) is 10.4 Å². The zero-order valence-corrected chi connectivity index (χ0v) is 25.2. The summed E-state index contributed by atoms with van der Waals surface area (Å²) in [5, 5.41) is 17.8. The maximum atomic E-state index is 13.3. The number of hydrogen-bond donors (Lipinski definition) is 1. The van der Waals surface area contributed by atoms with Gasteiger partial charge in [-0.05, 0) is 87.0 Å². The summed E-state index contributed by atoms with van der Waals surface area (Å²) in [5.74, 6) is 4.14. The molecule has 224 valence electrons. The number of rotatable bonds is 5. The van der Waals surface area contributed by atoms with E-state index in [1.165, 1.54) is 0 Å². The highest BCUT2D eigenvalue weighted by molar-refractivity contribution is 5.96. The van der Waals surface area contributed by atoms with E-state index in [1.807, 2.05) is 42.4 Å². The summed E-state index contributed by atoms with van der Waals surface area (Å²) in [4.78, 5) is 22.6. The van der Waals surface area contributed by atoms with E-state index in [1.54, 1.807) is 10.7 Å². The predicted octanol–water partition coefficient (Wildman–Crippen LogP) is 4.47. The Hall–Kier alpha value is -4.42. The number of nitrogens with one attached hydrogen (secondary N) is 1. The number of aryl methyl sites for hydroxylation is 1. The summed E-state index contributed by atoms with van der Waals surface area (Å²) in [6.45, 7) is 9.61. The minimum absolute atomic E-state index is 0.150. The Bertz CT molecular complexity index is 1770. The molecule has 1 saturated carbocycles. The second kappa shape index (κ2) is 10.6. The first-order chi connectivity index (χ1) is 21.4. The summed E-state index contributed by atoms with van der Waals surface area (Å²) in [6.07, 6.45) is 7.75. The average molecular weight is 588 g/mol. The van der Waals surface area contributed by atoms with Crippen molar-refractivity contribution in [3.63, 3.8) is 0 Å². The number of hydrogen-bond acceptors (Lipinski definition) is 7. The number of fused-ring (bicyclic) bond motifs is 3. The van der Waals surface area contributed by atoms with Gasteiger partial charge >= 0.3 is 0 Å². The van der Waals surface area contributed by atoms with Crippen LogP contribution < -0.4 is 15.0 Å². The molecule has 3 aliphatic heterocycles. The van der Waals surface area contributed by atoms with Gasteiger partial charge in [0.15, 0.2) is 0 Å². The lowest BCUT2D eigenvalue weighted by Crippen LogP contribution is -2.33. The Morgan fingerprint density at radius 1 is 1.00 bits per heavy atom. The summed E-state index contributed by atoms with van der Waals surface area (Å²) in [6, 6.07) is 14.5. The van der Waals surface area contributed by atoms with Crippen molar-refractivity contribution >= 4 is 17.2 Å². The van der Waals surface area contributed by atoms with E-state index in [4.69, 9.17) is 9.72 Å². The summed E-state index contributed by atoms with van der Waals surface area (Å²) >= 11 is 0. The average Bonchev–Trinajstić information content (AvgIpc) is 3.84. The van der Waals surface area contributed by atoms with Crippen molar-refractivity contribution in [1.29, 1.82) is 5.26 Å². The molecule has 0 bridgehead atoms. The maximum Gasteiger partial charge on any atom is 0.254 e. The summed E-state index contributed by atoms with van der Waals surface area (Å²) < 4.78 is 8.28. The zero-order chi connectivity index (χ0) is 29.9. The van der Waals surface area contributed by atoms with Crippen LogP contribution in [0.15, 0.2) is 55.0 Å². The van der Waals surface area contributed by atoms with Crippen molar-refractivity contribution in [3.05, 3.63) is 77.2 Å². The van der Waals surface area contributed by atoms with Crippen molar-refractivity contribution in [2.75, 3.05) is 44.2 Å². The topological polar surface area (TPSA) is 98.8 Å². The van der Waals surface area contributed by atoms with E-state index < -0.39 is 0 Å². The predicted molar refractivity (Wildman–Crippen MR) is 168 cm³/mol. The highest BCUT2D eigenvalue weighted by Gasteiger charge is 2.42. The fourth-order valence-corrected chi connectivity index (χ4v) is 8.09. The number of carbonyl (C=O) groups excluding carboxylic acids is 1. The third-order valence-electron chi connectivity index (χ3n) is 10.6. The molecule has 1 amide bonds. The number of ether oxygens (including phenoxy) is 1. The van der Waals surface area contributed by atoms with E-state index in [2.05, 4.69) is 46.5 Å². The van der Waals surface area contributed by atoms with Gasteiger partial charge in [0, 0.05) is 60.9 Å². The molecular weight excluding hydrogens is 550 g/mol. The van der Waals surface area contributed by atoms with Crippen molar-refractivity contribution in [1.82, 2.24) is 24.8 Å². The molecular formula is C35H37N7O2. The van der Waals surface area contributed by atoms with E-state index in [0.29, 0.717) is 29.2 Å². The van der Waals surface area contributed by atoms with Crippen LogP contribution in [0.25, 0.3) is 16.6 Å². The fourth-order valence-electron chi connectivity index (χ4n) is 8.09. The van der Waals surface area contributed by atoms with Crippen LogP contribution in [0, 0.1) is 48.9 Å². The quantitative estimate of drug-likeness (QED) is 0.368. The zero-order valence-electron chi connectivity index (χ0n) is 25.2. The Morgan fingerprint density at radius 3 is 2.48 bits per heavy atom. The number of anilines is 1. The molecule has 4 aliphatic rings. The second-order valence-corrected chi connectivity index (χ2v) is 13.2. The molecule has 9 nitrogen and oxygen atoms in total. The molecule has 8 rings (SSSR count). The van der Waals surface area contributed by atoms with Gasteiger partial charge in [-0.1, -0.05) is 12.1 Å². The molecule has 4 unspecified atom stereocenters. The van der Waals surface area contributed by atoms with E-state index in [0.717, 1.165) is 97.0 Å². The normalized spacial score (nSPS) is 25.8. The van der Waals surface area contributed by atoms with Gasteiger partial charge in [-0.15, -0.1) is 0 Å². The van der Waals surface area contributed by atoms with Crippen LogP contribution in [0.5, 0.6) is 5.75 Å². The number of pyridine rings is 2. The third kappa shape index (κ3) is 4.60. The Balaban J connectivity index is 0.989. The van der Waals surface area contributed by atoms with E-state index in [-0.39, 0.29) is 12.0 Å². The van der Waals surface area contributed by atoms with Crippen molar-refractivity contribution < 1.29 is 9.53 Å². The molecule has 1 aliphatic carbocycles. The molecule has 1 aromatic carbocycles. The Labute approximate surface area is 257 Å². The molecule has 9 heteroatoms. The van der Waals surface area contributed by atoms with Gasteiger partial charge in [0.2, 0.25) is 0 Å². The van der Waals surface area contributed by atoms with Gasteiger partial charge in [0.25, 0.3) is 5.91 Å². The molecule has 3 aromatic heterocycles. The molecule has 4 atom stereocenters. The number of amides is 1. The summed E-state index contributed by atoms with van der Waals surface area (Å²) in [5.41, 5.74) is 6.18. The van der Waals surface area contributed by atoms with E-state index in [9.17, 15) is 10.1 Å². The van der Waals surface area contributed by atoms with Gasteiger partial charge in [0.1, 0.15) is 17.6 Å². The van der Waals surface area contributed by atoms with Gasteiger partial charge < -0.3 is 19.9 Å². The summed E-state index contributed by atoms with van der Waals surface area (Å²) in [7, 11) is 0. The number of likely N-dealkylation sites (tertiary alicyclic amines) is 1. The maximum absolute atomic E-state index is 13.3. The number of nitriles is 1. The lowest BCUT2D eigenvalue weighted by atomic mass is 10.0. The number of aromatic nitrogens is 3. The van der Waals surface area contributed by atoms with Gasteiger partial charge in [-0.3, -0.25) is 4.79 Å². The van der Waals surface area contributed by atoms with Crippen LogP contribution in [0.1, 0.15) is 39.9 Å². The first-order valence-electron chi connectivity index (χ1n) is 15.8. The Kier molecular flexibility index (Phi) is 6.56. The fraction of sp³-hybridized carbons (Fsp3) is 0.429.